The molecule has 2 rings (SSSR count). The van der Waals surface area contributed by atoms with E-state index >= 15 is 0 Å². The Morgan fingerprint density at radius 1 is 1.00 bits per heavy atom. The minimum Gasteiger partial charge on any atom is -0.452 e. The minimum atomic E-state index is -1.17. The third-order valence-corrected chi connectivity index (χ3v) is 7.73. The number of nitrogens with one attached hydrogen (secondary N) is 3. The maximum Gasteiger partial charge on any atom is 0.308 e. The zero-order valence-electron chi connectivity index (χ0n) is 24.5. The van der Waals surface area contributed by atoms with Crippen LogP contribution in [0.4, 0.5) is 0 Å². The average molecular weight is 564 g/mol. The minimum absolute atomic E-state index is 0.0558. The van der Waals surface area contributed by atoms with E-state index in [1.54, 1.807) is 20.8 Å². The lowest BCUT2D eigenvalue weighted by Crippen LogP contribution is -2.60. The lowest BCUT2D eigenvalue weighted by atomic mass is 9.95. The van der Waals surface area contributed by atoms with Crippen LogP contribution in [0.1, 0.15) is 66.7 Å². The van der Waals surface area contributed by atoms with E-state index in [0.717, 1.165) is 0 Å². The molecule has 6 atom stereocenters. The van der Waals surface area contributed by atoms with Gasteiger partial charge in [0.25, 0.3) is 5.91 Å². The monoisotopic (exact) mass is 563 g/mol. The molecule has 0 saturated carbocycles. The number of esters is 1. The first-order valence-corrected chi connectivity index (χ1v) is 14.1. The van der Waals surface area contributed by atoms with Crippen LogP contribution < -0.4 is 16.0 Å². The van der Waals surface area contributed by atoms with Crippen LogP contribution >= 0.6 is 0 Å². The van der Waals surface area contributed by atoms with E-state index < -0.39 is 65.8 Å². The van der Waals surface area contributed by atoms with E-state index in [9.17, 15) is 28.8 Å². The predicted octanol–water partition coefficient (Wildman–Crippen LogP) is 0.504. The van der Waals surface area contributed by atoms with Crippen molar-refractivity contribution in [2.45, 2.75) is 97.0 Å². The lowest BCUT2D eigenvalue weighted by Gasteiger charge is -2.33. The van der Waals surface area contributed by atoms with Gasteiger partial charge in [0.1, 0.15) is 24.2 Å². The van der Waals surface area contributed by atoms with E-state index in [1.807, 2.05) is 13.8 Å². The van der Waals surface area contributed by atoms with Gasteiger partial charge in [-0.25, -0.2) is 0 Å². The number of likely N-dealkylation sites (N-methyl/N-ethyl adjacent to an activating group) is 1. The molecule has 5 amide bonds. The Bertz CT molecular complexity index is 984. The first kappa shape index (κ1) is 32.8. The second-order valence-electron chi connectivity index (χ2n) is 11.0. The fourth-order valence-corrected chi connectivity index (χ4v) is 4.79. The third-order valence-electron chi connectivity index (χ3n) is 7.73. The van der Waals surface area contributed by atoms with Gasteiger partial charge in [-0.2, -0.15) is 0 Å². The summed E-state index contributed by atoms with van der Waals surface area (Å²) in [5.41, 5.74) is 0. The molecule has 2 aliphatic heterocycles. The number of carbonyl (C=O) groups is 6. The van der Waals surface area contributed by atoms with Crippen LogP contribution in [0.25, 0.3) is 0 Å². The number of cyclic esters (lactones) is 1. The molecule has 0 bridgehead atoms. The number of carbonyl (C=O) groups excluding carboxylic acids is 6. The number of ether oxygens (including phenoxy) is 1. The number of fused-ring (bicyclic) bond motifs is 1. The fraction of sp³-hybridized carbons (Fsp3) is 0.714. The normalized spacial score (nSPS) is 28.9. The molecule has 12 nitrogen and oxygen atoms in total. The van der Waals surface area contributed by atoms with Gasteiger partial charge in [-0.1, -0.05) is 40.2 Å². The SMILES string of the molecule is C=CC[C@H]1OC(=O)CCNC(=O)[C@H](C)N(C)C(=O)[C@H](C(C)C)NC(=O)[C@H](C(C)CC)NC(=O)[C@@H]2CCCN2C1=O. The predicted molar refractivity (Wildman–Crippen MR) is 147 cm³/mol. The molecule has 0 aromatic rings. The molecule has 0 radical (unpaired) electrons. The van der Waals surface area contributed by atoms with Gasteiger partial charge in [-0.15, -0.1) is 6.58 Å². The smallest absolute Gasteiger partial charge is 0.308 e. The van der Waals surface area contributed by atoms with Crippen molar-refractivity contribution in [2.24, 2.45) is 11.8 Å². The summed E-state index contributed by atoms with van der Waals surface area (Å²) < 4.78 is 5.43. The van der Waals surface area contributed by atoms with Crippen LogP contribution in [0.5, 0.6) is 0 Å². The maximum absolute atomic E-state index is 13.5. The van der Waals surface area contributed by atoms with Crippen molar-refractivity contribution in [3.63, 3.8) is 0 Å². The Kier molecular flexibility index (Phi) is 12.1. The summed E-state index contributed by atoms with van der Waals surface area (Å²) in [6.07, 6.45) is 1.69. The Balaban J connectivity index is 2.46. The zero-order valence-corrected chi connectivity index (χ0v) is 24.5. The number of rotatable bonds is 5. The molecule has 224 valence electrons. The molecule has 2 aliphatic rings. The average Bonchev–Trinajstić information content (AvgIpc) is 3.41. The molecule has 12 heteroatoms. The molecule has 2 heterocycles. The quantitative estimate of drug-likeness (QED) is 0.325. The van der Waals surface area contributed by atoms with Gasteiger partial charge in [0, 0.05) is 26.6 Å². The van der Waals surface area contributed by atoms with Gasteiger partial charge in [0.15, 0.2) is 6.10 Å². The second kappa shape index (κ2) is 14.8. The van der Waals surface area contributed by atoms with Crippen molar-refractivity contribution >= 4 is 35.5 Å². The van der Waals surface area contributed by atoms with E-state index in [1.165, 1.54) is 22.9 Å². The Labute approximate surface area is 236 Å². The van der Waals surface area contributed by atoms with Gasteiger partial charge in [0.2, 0.25) is 23.6 Å². The van der Waals surface area contributed by atoms with Crippen LogP contribution in [0.2, 0.25) is 0 Å². The van der Waals surface area contributed by atoms with Crippen LogP contribution in [0.3, 0.4) is 0 Å². The highest BCUT2D eigenvalue weighted by molar-refractivity contribution is 5.96. The molecule has 0 aromatic carbocycles. The summed E-state index contributed by atoms with van der Waals surface area (Å²) in [5.74, 6) is -3.75. The van der Waals surface area contributed by atoms with E-state index in [0.29, 0.717) is 25.8 Å². The molecular formula is C28H45N5O7. The molecule has 1 unspecified atom stereocenters. The lowest BCUT2D eigenvalue weighted by molar-refractivity contribution is -0.161. The van der Waals surface area contributed by atoms with Crippen LogP contribution in [-0.2, 0) is 33.5 Å². The number of hydrogen-bond donors (Lipinski definition) is 3. The summed E-state index contributed by atoms with van der Waals surface area (Å²) in [7, 11) is 1.47. The Morgan fingerprint density at radius 2 is 1.65 bits per heavy atom. The summed E-state index contributed by atoms with van der Waals surface area (Å²) in [4.78, 5) is 81.7. The van der Waals surface area contributed by atoms with Gasteiger partial charge in [-0.05, 0) is 31.6 Å². The van der Waals surface area contributed by atoms with Gasteiger partial charge < -0.3 is 30.5 Å². The highest BCUT2D eigenvalue weighted by Gasteiger charge is 2.41. The maximum atomic E-state index is 13.5. The highest BCUT2D eigenvalue weighted by Crippen LogP contribution is 2.22. The first-order chi connectivity index (χ1) is 18.8. The first-order valence-electron chi connectivity index (χ1n) is 14.1. The molecule has 40 heavy (non-hydrogen) atoms. The highest BCUT2D eigenvalue weighted by atomic mass is 16.5. The molecule has 0 aromatic heterocycles. The van der Waals surface area contributed by atoms with Gasteiger partial charge in [-0.3, -0.25) is 28.8 Å². The van der Waals surface area contributed by atoms with Crippen LogP contribution in [0, 0.1) is 11.8 Å². The van der Waals surface area contributed by atoms with Crippen molar-refractivity contribution in [3.8, 4) is 0 Å². The van der Waals surface area contributed by atoms with Gasteiger partial charge in [0.05, 0.1) is 6.42 Å². The van der Waals surface area contributed by atoms with Crippen molar-refractivity contribution in [2.75, 3.05) is 20.1 Å². The topological polar surface area (TPSA) is 154 Å². The summed E-state index contributed by atoms with van der Waals surface area (Å²) in [6.45, 7) is 12.7. The van der Waals surface area contributed by atoms with E-state index in [-0.39, 0.29) is 31.2 Å². The molecule has 3 N–H and O–H groups in total. The summed E-state index contributed by atoms with van der Waals surface area (Å²) >= 11 is 0. The largest absolute Gasteiger partial charge is 0.452 e. The summed E-state index contributed by atoms with van der Waals surface area (Å²) in [6, 6.07) is -3.64. The van der Waals surface area contributed by atoms with E-state index in [2.05, 4.69) is 22.5 Å². The standard InChI is InChI=1S/C28H45N5O7/c1-8-11-20-27(38)33-15-10-12-19(33)25(36)31-23(17(5)9-2)26(37)30-22(16(3)4)28(39)32(7)18(6)24(35)29-14-13-21(34)40-20/h8,16-20,22-23H,1,9-15H2,2-7H3,(H,29,35)(H,30,37)(H,31,36)/t17?,18-,19-,20+,22-,23-/m0/s1. The van der Waals surface area contributed by atoms with Crippen molar-refractivity contribution in [1.82, 2.24) is 25.8 Å². The van der Waals surface area contributed by atoms with Crippen LogP contribution in [-0.4, -0.2) is 95.7 Å². The molecule has 2 fully saturated rings. The fourth-order valence-electron chi connectivity index (χ4n) is 4.79. The summed E-state index contributed by atoms with van der Waals surface area (Å²) in [5, 5.41) is 8.24. The second-order valence-corrected chi connectivity index (χ2v) is 11.0. The number of hydrogen-bond acceptors (Lipinski definition) is 7. The Hall–Kier alpha value is -3.44. The van der Waals surface area contributed by atoms with Crippen molar-refractivity contribution in [1.29, 1.82) is 0 Å². The van der Waals surface area contributed by atoms with Crippen LogP contribution in [0.15, 0.2) is 12.7 Å². The van der Waals surface area contributed by atoms with Crippen molar-refractivity contribution < 1.29 is 33.5 Å². The zero-order chi connectivity index (χ0) is 30.1. The van der Waals surface area contributed by atoms with Crippen molar-refractivity contribution in [3.05, 3.63) is 12.7 Å². The molecule has 2 saturated heterocycles. The number of amides is 5. The number of nitrogens with zero attached hydrogens (tertiary/aromatic N) is 2. The molecule has 0 spiro atoms. The molecular weight excluding hydrogens is 518 g/mol. The van der Waals surface area contributed by atoms with E-state index in [4.69, 9.17) is 4.74 Å². The molecule has 0 aliphatic carbocycles. The third kappa shape index (κ3) is 8.04. The Morgan fingerprint density at radius 3 is 2.25 bits per heavy atom. The van der Waals surface area contributed by atoms with Gasteiger partial charge >= 0.3 is 5.97 Å².